The van der Waals surface area contributed by atoms with Crippen LogP contribution in [0.15, 0.2) is 24.8 Å². The van der Waals surface area contributed by atoms with Gasteiger partial charge in [-0.15, -0.1) is 0 Å². The predicted octanol–water partition coefficient (Wildman–Crippen LogP) is 1.68. The molecule has 1 saturated heterocycles. The Balaban J connectivity index is 1.63. The minimum Gasteiger partial charge on any atom is -0.335 e. The van der Waals surface area contributed by atoms with Crippen molar-refractivity contribution in [2.24, 2.45) is 7.05 Å². The highest BCUT2D eigenvalue weighted by atomic mass is 16.2. The largest absolute Gasteiger partial charge is 0.335 e. The van der Waals surface area contributed by atoms with E-state index in [1.165, 1.54) is 0 Å². The maximum atomic E-state index is 12.5. The van der Waals surface area contributed by atoms with Crippen LogP contribution in [0, 0.1) is 6.92 Å². The predicted molar refractivity (Wildman–Crippen MR) is 78.5 cm³/mol. The number of amides is 1. The van der Waals surface area contributed by atoms with Crippen LogP contribution in [0.1, 0.15) is 36.4 Å². The van der Waals surface area contributed by atoms with Gasteiger partial charge in [0, 0.05) is 44.5 Å². The molecule has 3 heterocycles. The maximum Gasteiger partial charge on any atom is 0.224 e. The average molecular weight is 287 g/mol. The molecule has 0 bridgehead atoms. The molecular formula is C15H21N5O. The molecule has 1 aliphatic heterocycles. The van der Waals surface area contributed by atoms with E-state index in [2.05, 4.69) is 10.2 Å². The third-order valence-corrected chi connectivity index (χ3v) is 4.00. The van der Waals surface area contributed by atoms with Crippen molar-refractivity contribution in [3.05, 3.63) is 35.9 Å². The molecule has 1 amide bonds. The molecule has 1 atom stereocenters. The van der Waals surface area contributed by atoms with Gasteiger partial charge in [-0.1, -0.05) is 0 Å². The molecule has 6 heteroatoms. The zero-order chi connectivity index (χ0) is 14.8. The number of carbonyl (C=O) groups excluding carboxylic acids is 1. The van der Waals surface area contributed by atoms with E-state index < -0.39 is 0 Å². The molecule has 0 saturated carbocycles. The second kappa shape index (κ2) is 5.71. The first kappa shape index (κ1) is 13.9. The van der Waals surface area contributed by atoms with Gasteiger partial charge in [-0.05, 0) is 25.3 Å². The van der Waals surface area contributed by atoms with Crippen LogP contribution in [0.25, 0.3) is 0 Å². The Hall–Kier alpha value is -2.11. The fourth-order valence-corrected chi connectivity index (χ4v) is 2.97. The van der Waals surface area contributed by atoms with Gasteiger partial charge < -0.3 is 4.90 Å². The maximum absolute atomic E-state index is 12.5. The summed E-state index contributed by atoms with van der Waals surface area (Å²) in [4.78, 5) is 14.5. The number of rotatable bonds is 4. The van der Waals surface area contributed by atoms with E-state index in [0.717, 1.165) is 30.5 Å². The normalized spacial score (nSPS) is 18.4. The highest BCUT2D eigenvalue weighted by Crippen LogP contribution is 2.32. The van der Waals surface area contributed by atoms with Gasteiger partial charge in [-0.3, -0.25) is 14.2 Å². The Morgan fingerprint density at radius 3 is 2.86 bits per heavy atom. The van der Waals surface area contributed by atoms with Gasteiger partial charge in [-0.2, -0.15) is 10.2 Å². The summed E-state index contributed by atoms with van der Waals surface area (Å²) in [5.74, 6) is 0.203. The van der Waals surface area contributed by atoms with Gasteiger partial charge in [0.2, 0.25) is 5.91 Å². The summed E-state index contributed by atoms with van der Waals surface area (Å²) in [7, 11) is 1.91. The summed E-state index contributed by atoms with van der Waals surface area (Å²) in [6, 6.07) is 0.186. The summed E-state index contributed by atoms with van der Waals surface area (Å²) >= 11 is 0. The van der Waals surface area contributed by atoms with E-state index in [1.807, 2.05) is 48.3 Å². The molecule has 1 aliphatic rings. The van der Waals surface area contributed by atoms with Crippen LogP contribution < -0.4 is 0 Å². The molecule has 1 fully saturated rings. The Bertz CT molecular complexity index is 630. The first-order chi connectivity index (χ1) is 10.1. The molecule has 0 unspecified atom stereocenters. The zero-order valence-corrected chi connectivity index (χ0v) is 12.6. The minimum atomic E-state index is 0.186. The lowest BCUT2D eigenvalue weighted by Crippen LogP contribution is -2.31. The molecule has 0 aliphatic carbocycles. The fraction of sp³-hybridized carbons (Fsp3) is 0.533. The summed E-state index contributed by atoms with van der Waals surface area (Å²) in [5.41, 5.74) is 2.26. The van der Waals surface area contributed by atoms with Gasteiger partial charge in [0.25, 0.3) is 0 Å². The molecule has 2 aromatic rings. The van der Waals surface area contributed by atoms with Crippen molar-refractivity contribution >= 4 is 5.91 Å². The summed E-state index contributed by atoms with van der Waals surface area (Å²) in [6.07, 6.45) is 10.2. The van der Waals surface area contributed by atoms with Crippen LogP contribution in [0.3, 0.4) is 0 Å². The summed E-state index contributed by atoms with van der Waals surface area (Å²) in [5, 5.41) is 8.44. The van der Waals surface area contributed by atoms with Gasteiger partial charge in [0.15, 0.2) is 0 Å². The standard InChI is InChI=1S/C15H21N5O/c1-12-8-17-19(10-12)7-5-15(21)20-6-3-4-14(20)13-9-16-18(2)11-13/h8-11,14H,3-7H2,1-2H3/t14-/m1/s1. The van der Waals surface area contributed by atoms with Crippen molar-refractivity contribution in [3.8, 4) is 0 Å². The van der Waals surface area contributed by atoms with Gasteiger partial charge in [-0.25, -0.2) is 0 Å². The molecule has 3 rings (SSSR count). The second-order valence-corrected chi connectivity index (χ2v) is 5.72. The van der Waals surface area contributed by atoms with E-state index in [1.54, 1.807) is 4.68 Å². The van der Waals surface area contributed by atoms with Crippen molar-refractivity contribution in [1.82, 2.24) is 24.5 Å². The van der Waals surface area contributed by atoms with E-state index in [0.29, 0.717) is 13.0 Å². The minimum absolute atomic E-state index is 0.186. The number of hydrogen-bond acceptors (Lipinski definition) is 3. The zero-order valence-electron chi connectivity index (χ0n) is 12.6. The number of hydrogen-bond donors (Lipinski definition) is 0. The molecule has 0 spiro atoms. The number of aromatic nitrogens is 4. The molecule has 0 N–H and O–H groups in total. The monoisotopic (exact) mass is 287 g/mol. The molecule has 0 radical (unpaired) electrons. The van der Waals surface area contributed by atoms with Crippen LogP contribution in [-0.4, -0.2) is 36.9 Å². The van der Waals surface area contributed by atoms with Gasteiger partial charge in [0.05, 0.1) is 18.4 Å². The number of likely N-dealkylation sites (tertiary alicyclic amines) is 1. The summed E-state index contributed by atoms with van der Waals surface area (Å²) < 4.78 is 3.63. The lowest BCUT2D eigenvalue weighted by molar-refractivity contribution is -0.132. The number of aryl methyl sites for hydroxylation is 3. The molecule has 0 aromatic carbocycles. The fourth-order valence-electron chi connectivity index (χ4n) is 2.97. The van der Waals surface area contributed by atoms with E-state index in [4.69, 9.17) is 0 Å². The SMILES string of the molecule is Cc1cnn(CCC(=O)N2CCC[C@@H]2c2cnn(C)c2)c1. The quantitative estimate of drug-likeness (QED) is 0.859. The van der Waals surface area contributed by atoms with Crippen molar-refractivity contribution < 1.29 is 4.79 Å². The van der Waals surface area contributed by atoms with E-state index >= 15 is 0 Å². The van der Waals surface area contributed by atoms with Crippen molar-refractivity contribution in [3.63, 3.8) is 0 Å². The Morgan fingerprint density at radius 2 is 2.19 bits per heavy atom. The topological polar surface area (TPSA) is 56.0 Å². The molecule has 112 valence electrons. The highest BCUT2D eigenvalue weighted by Gasteiger charge is 2.30. The Morgan fingerprint density at radius 1 is 1.33 bits per heavy atom. The van der Waals surface area contributed by atoms with Crippen molar-refractivity contribution in [2.75, 3.05) is 6.54 Å². The van der Waals surface area contributed by atoms with Crippen LogP contribution in [-0.2, 0) is 18.4 Å². The Labute approximate surface area is 124 Å². The van der Waals surface area contributed by atoms with Gasteiger partial charge in [0.1, 0.15) is 0 Å². The van der Waals surface area contributed by atoms with Crippen LogP contribution in [0.5, 0.6) is 0 Å². The molecule has 6 nitrogen and oxygen atoms in total. The first-order valence-corrected chi connectivity index (χ1v) is 7.40. The summed E-state index contributed by atoms with van der Waals surface area (Å²) in [6.45, 7) is 3.49. The molecule has 21 heavy (non-hydrogen) atoms. The Kier molecular flexibility index (Phi) is 3.77. The first-order valence-electron chi connectivity index (χ1n) is 7.40. The van der Waals surface area contributed by atoms with Crippen LogP contribution >= 0.6 is 0 Å². The van der Waals surface area contributed by atoms with Gasteiger partial charge >= 0.3 is 0 Å². The van der Waals surface area contributed by atoms with E-state index in [-0.39, 0.29) is 11.9 Å². The van der Waals surface area contributed by atoms with Crippen LogP contribution in [0.4, 0.5) is 0 Å². The van der Waals surface area contributed by atoms with Crippen molar-refractivity contribution in [2.45, 2.75) is 38.8 Å². The smallest absolute Gasteiger partial charge is 0.224 e. The lowest BCUT2D eigenvalue weighted by atomic mass is 10.1. The van der Waals surface area contributed by atoms with Crippen molar-refractivity contribution in [1.29, 1.82) is 0 Å². The number of nitrogens with zero attached hydrogens (tertiary/aromatic N) is 5. The lowest BCUT2D eigenvalue weighted by Gasteiger charge is -2.24. The average Bonchev–Trinajstić information content (AvgIpc) is 3.16. The highest BCUT2D eigenvalue weighted by molar-refractivity contribution is 5.77. The molecule has 2 aromatic heterocycles. The molecular weight excluding hydrogens is 266 g/mol. The third-order valence-electron chi connectivity index (χ3n) is 4.00. The number of carbonyl (C=O) groups is 1. The second-order valence-electron chi connectivity index (χ2n) is 5.72. The third kappa shape index (κ3) is 2.99. The van der Waals surface area contributed by atoms with Crippen LogP contribution in [0.2, 0.25) is 0 Å². The van der Waals surface area contributed by atoms with E-state index in [9.17, 15) is 4.79 Å².